The van der Waals surface area contributed by atoms with E-state index in [1.54, 1.807) is 6.07 Å². The highest BCUT2D eigenvalue weighted by Crippen LogP contribution is 2.19. The van der Waals surface area contributed by atoms with Crippen molar-refractivity contribution >= 4 is 16.8 Å². The minimum absolute atomic E-state index is 0.349. The number of hydrogen-bond acceptors (Lipinski definition) is 1. The number of nitrogens with zero attached hydrogens (tertiary/aromatic N) is 1. The summed E-state index contributed by atoms with van der Waals surface area (Å²) in [5.41, 5.74) is 1.87. The summed E-state index contributed by atoms with van der Waals surface area (Å²) >= 11 is 5.37. The van der Waals surface area contributed by atoms with Gasteiger partial charge < -0.3 is 4.57 Å². The van der Waals surface area contributed by atoms with E-state index in [9.17, 15) is 4.79 Å². The first kappa shape index (κ1) is 6.92. The Balaban J connectivity index is 2.50. The summed E-state index contributed by atoms with van der Waals surface area (Å²) in [5.74, 6) is 0. The first-order valence-electron chi connectivity index (χ1n) is 3.67. The molecule has 2 rings (SSSR count). The lowest BCUT2D eigenvalue weighted by atomic mass is 10.3. The summed E-state index contributed by atoms with van der Waals surface area (Å²) in [6.45, 7) is 0.941. The molecule has 58 valence electrons. The molecule has 1 aromatic rings. The van der Waals surface area contributed by atoms with E-state index in [-0.39, 0.29) is 5.24 Å². The van der Waals surface area contributed by atoms with Crippen LogP contribution in [0.4, 0.5) is 0 Å². The van der Waals surface area contributed by atoms with E-state index in [0.717, 1.165) is 19.4 Å². The van der Waals surface area contributed by atoms with Crippen molar-refractivity contribution < 1.29 is 4.79 Å². The Morgan fingerprint density at radius 1 is 1.55 bits per heavy atom. The lowest BCUT2D eigenvalue weighted by Gasteiger charge is -1.99. The average Bonchev–Trinajstić information content (AvgIpc) is 2.41. The smallest absolute Gasteiger partial charge is 0.268 e. The Labute approximate surface area is 69.8 Å². The van der Waals surface area contributed by atoms with Gasteiger partial charge in [0.15, 0.2) is 0 Å². The van der Waals surface area contributed by atoms with Crippen molar-refractivity contribution in [2.45, 2.75) is 19.4 Å². The quantitative estimate of drug-likeness (QED) is 0.588. The Morgan fingerprint density at radius 3 is 3.09 bits per heavy atom. The molecule has 0 spiro atoms. The van der Waals surface area contributed by atoms with Crippen LogP contribution in [0.15, 0.2) is 12.1 Å². The summed E-state index contributed by atoms with van der Waals surface area (Å²) < 4.78 is 2.00. The summed E-state index contributed by atoms with van der Waals surface area (Å²) in [5, 5.41) is -0.349. The standard InChI is InChI=1S/C8H8ClNO/c9-8(11)7-4-3-6-2-1-5-10(6)7/h3-4H,1-2,5H2. The van der Waals surface area contributed by atoms with Crippen molar-refractivity contribution in [1.29, 1.82) is 0 Å². The monoisotopic (exact) mass is 169 g/mol. The van der Waals surface area contributed by atoms with Crippen LogP contribution < -0.4 is 0 Å². The SMILES string of the molecule is O=C(Cl)c1ccc2n1CCC2. The van der Waals surface area contributed by atoms with Crippen LogP contribution in [0.3, 0.4) is 0 Å². The van der Waals surface area contributed by atoms with Crippen molar-refractivity contribution in [2.75, 3.05) is 0 Å². The molecule has 0 bridgehead atoms. The van der Waals surface area contributed by atoms with Crippen LogP contribution in [0.1, 0.15) is 22.6 Å². The molecule has 0 unspecified atom stereocenters. The molecule has 11 heavy (non-hydrogen) atoms. The zero-order valence-corrected chi connectivity index (χ0v) is 6.77. The molecule has 0 atom stereocenters. The molecule has 0 amide bonds. The molecule has 0 aromatic carbocycles. The molecular weight excluding hydrogens is 162 g/mol. The summed E-state index contributed by atoms with van der Waals surface area (Å²) in [4.78, 5) is 10.8. The molecular formula is C8H8ClNO. The third-order valence-electron chi connectivity index (χ3n) is 2.09. The predicted molar refractivity (Wildman–Crippen MR) is 42.9 cm³/mol. The highest BCUT2D eigenvalue weighted by molar-refractivity contribution is 6.67. The van der Waals surface area contributed by atoms with Crippen molar-refractivity contribution in [1.82, 2.24) is 4.57 Å². The number of hydrogen-bond donors (Lipinski definition) is 0. The van der Waals surface area contributed by atoms with Gasteiger partial charge in [0.25, 0.3) is 5.24 Å². The Kier molecular flexibility index (Phi) is 1.50. The molecule has 0 saturated heterocycles. The lowest BCUT2D eigenvalue weighted by molar-refractivity contribution is 0.107. The van der Waals surface area contributed by atoms with Gasteiger partial charge in [0.05, 0.1) is 0 Å². The molecule has 1 aromatic heterocycles. The molecule has 0 fully saturated rings. The minimum atomic E-state index is -0.349. The van der Waals surface area contributed by atoms with Crippen LogP contribution in [0.2, 0.25) is 0 Å². The van der Waals surface area contributed by atoms with E-state index in [0.29, 0.717) is 5.69 Å². The van der Waals surface area contributed by atoms with Crippen molar-refractivity contribution in [3.8, 4) is 0 Å². The van der Waals surface area contributed by atoms with Crippen LogP contribution in [-0.2, 0) is 13.0 Å². The normalized spacial score (nSPS) is 15.0. The first-order chi connectivity index (χ1) is 5.29. The highest BCUT2D eigenvalue weighted by atomic mass is 35.5. The van der Waals surface area contributed by atoms with Crippen molar-refractivity contribution in [3.63, 3.8) is 0 Å². The van der Waals surface area contributed by atoms with Gasteiger partial charge in [-0.25, -0.2) is 0 Å². The van der Waals surface area contributed by atoms with Crippen molar-refractivity contribution in [3.05, 3.63) is 23.5 Å². The Bertz CT molecular complexity index is 303. The van der Waals surface area contributed by atoms with Crippen LogP contribution in [0.5, 0.6) is 0 Å². The molecule has 2 heterocycles. The van der Waals surface area contributed by atoms with Gasteiger partial charge in [0.1, 0.15) is 5.69 Å². The van der Waals surface area contributed by atoms with Gasteiger partial charge in [-0.3, -0.25) is 4.79 Å². The molecule has 0 radical (unpaired) electrons. The van der Waals surface area contributed by atoms with E-state index in [1.807, 2.05) is 10.6 Å². The van der Waals surface area contributed by atoms with Gasteiger partial charge >= 0.3 is 0 Å². The fourth-order valence-corrected chi connectivity index (χ4v) is 1.75. The van der Waals surface area contributed by atoms with E-state index in [4.69, 9.17) is 11.6 Å². The zero-order chi connectivity index (χ0) is 7.84. The maximum absolute atomic E-state index is 10.8. The maximum atomic E-state index is 10.8. The van der Waals surface area contributed by atoms with Gasteiger partial charge in [-0.05, 0) is 36.6 Å². The topological polar surface area (TPSA) is 22.0 Å². The predicted octanol–water partition coefficient (Wildman–Crippen LogP) is 1.81. The van der Waals surface area contributed by atoms with E-state index in [2.05, 4.69) is 0 Å². The third kappa shape index (κ3) is 0.979. The summed E-state index contributed by atoms with van der Waals surface area (Å²) in [7, 11) is 0. The number of aryl methyl sites for hydroxylation is 1. The molecule has 1 aliphatic heterocycles. The Morgan fingerprint density at radius 2 is 2.36 bits per heavy atom. The highest BCUT2D eigenvalue weighted by Gasteiger charge is 2.16. The molecule has 3 heteroatoms. The number of fused-ring (bicyclic) bond motifs is 1. The second-order valence-corrected chi connectivity index (χ2v) is 3.08. The van der Waals surface area contributed by atoms with E-state index in [1.165, 1.54) is 5.69 Å². The number of halogens is 1. The van der Waals surface area contributed by atoms with Crippen LogP contribution in [0.25, 0.3) is 0 Å². The van der Waals surface area contributed by atoms with Crippen LogP contribution >= 0.6 is 11.6 Å². The maximum Gasteiger partial charge on any atom is 0.268 e. The largest absolute Gasteiger partial charge is 0.341 e. The fraction of sp³-hybridized carbons (Fsp3) is 0.375. The molecule has 0 N–H and O–H groups in total. The third-order valence-corrected chi connectivity index (χ3v) is 2.28. The number of aromatic nitrogens is 1. The average molecular weight is 170 g/mol. The van der Waals surface area contributed by atoms with Gasteiger partial charge in [-0.15, -0.1) is 0 Å². The van der Waals surface area contributed by atoms with Gasteiger partial charge in [-0.1, -0.05) is 0 Å². The second-order valence-electron chi connectivity index (χ2n) is 2.74. The molecule has 1 aliphatic rings. The number of rotatable bonds is 1. The van der Waals surface area contributed by atoms with Gasteiger partial charge in [0, 0.05) is 12.2 Å². The van der Waals surface area contributed by atoms with Gasteiger partial charge in [-0.2, -0.15) is 0 Å². The second kappa shape index (κ2) is 2.38. The number of carbonyl (C=O) groups is 1. The van der Waals surface area contributed by atoms with E-state index >= 15 is 0 Å². The van der Waals surface area contributed by atoms with Crippen LogP contribution in [-0.4, -0.2) is 9.81 Å². The molecule has 0 saturated carbocycles. The lowest BCUT2D eigenvalue weighted by Crippen LogP contribution is -2.01. The number of carbonyl (C=O) groups excluding carboxylic acids is 1. The zero-order valence-electron chi connectivity index (χ0n) is 6.01. The fourth-order valence-electron chi connectivity index (χ4n) is 1.58. The van der Waals surface area contributed by atoms with Crippen molar-refractivity contribution in [2.24, 2.45) is 0 Å². The summed E-state index contributed by atoms with van der Waals surface area (Å²) in [6, 6.07) is 3.77. The first-order valence-corrected chi connectivity index (χ1v) is 4.05. The summed E-state index contributed by atoms with van der Waals surface area (Å²) in [6.07, 6.45) is 2.21. The molecule has 2 nitrogen and oxygen atoms in total. The Hall–Kier alpha value is -0.760. The minimum Gasteiger partial charge on any atom is -0.341 e. The van der Waals surface area contributed by atoms with Crippen LogP contribution in [0, 0.1) is 0 Å². The van der Waals surface area contributed by atoms with E-state index < -0.39 is 0 Å². The molecule has 0 aliphatic carbocycles. The van der Waals surface area contributed by atoms with Gasteiger partial charge in [0.2, 0.25) is 0 Å².